The zero-order chi connectivity index (χ0) is 29.5. The molecule has 1 aliphatic rings. The van der Waals surface area contributed by atoms with Crippen molar-refractivity contribution in [1.29, 1.82) is 0 Å². The summed E-state index contributed by atoms with van der Waals surface area (Å²) in [7, 11) is 0. The molecule has 3 heterocycles. The molecule has 6 N–H and O–H groups in total. The Hall–Kier alpha value is -5.52. The van der Waals surface area contributed by atoms with E-state index in [1.54, 1.807) is 12.3 Å². The SMILES string of the molecule is NC(=O)C1CN(c2ccncc2NC(=O)c2nc(-c3ccc(CCNC(=O)OCc4ccccc4)cc3)cnc2N)C1. The summed E-state index contributed by atoms with van der Waals surface area (Å²) >= 11 is 0. The third-order valence-electron chi connectivity index (χ3n) is 6.83. The topological polar surface area (TPSA) is 178 Å². The van der Waals surface area contributed by atoms with Crippen LogP contribution >= 0.6 is 0 Å². The summed E-state index contributed by atoms with van der Waals surface area (Å²) in [5, 5.41) is 5.56. The zero-order valence-electron chi connectivity index (χ0n) is 22.7. The highest BCUT2D eigenvalue weighted by Crippen LogP contribution is 2.31. The lowest BCUT2D eigenvalue weighted by Gasteiger charge is -2.40. The number of nitrogens with two attached hydrogens (primary N) is 2. The van der Waals surface area contributed by atoms with Crippen LogP contribution in [0.2, 0.25) is 0 Å². The first kappa shape index (κ1) is 28.0. The molecule has 1 saturated heterocycles. The summed E-state index contributed by atoms with van der Waals surface area (Å²) in [6, 6.07) is 18.8. The van der Waals surface area contributed by atoms with Gasteiger partial charge in [0.1, 0.15) is 6.61 Å². The zero-order valence-corrected chi connectivity index (χ0v) is 22.7. The van der Waals surface area contributed by atoms with E-state index in [1.807, 2.05) is 59.5 Å². The minimum atomic E-state index is -0.537. The Labute approximate surface area is 242 Å². The maximum atomic E-state index is 13.2. The number of nitrogen functional groups attached to an aromatic ring is 1. The number of benzene rings is 2. The van der Waals surface area contributed by atoms with Gasteiger partial charge in [0, 0.05) is 31.4 Å². The van der Waals surface area contributed by atoms with Crippen LogP contribution < -0.4 is 27.0 Å². The molecule has 2 aromatic heterocycles. The van der Waals surface area contributed by atoms with E-state index >= 15 is 0 Å². The molecule has 42 heavy (non-hydrogen) atoms. The molecule has 2 aromatic carbocycles. The number of rotatable bonds is 10. The number of carbonyl (C=O) groups is 3. The minimum Gasteiger partial charge on any atom is -0.445 e. The molecule has 1 aliphatic heterocycles. The van der Waals surface area contributed by atoms with Gasteiger partial charge in [-0.15, -0.1) is 0 Å². The summed E-state index contributed by atoms with van der Waals surface area (Å²) in [6.07, 6.45) is 4.76. The quantitative estimate of drug-likeness (QED) is 0.225. The molecule has 214 valence electrons. The van der Waals surface area contributed by atoms with Gasteiger partial charge in [0.25, 0.3) is 5.91 Å². The first-order chi connectivity index (χ1) is 20.4. The van der Waals surface area contributed by atoms with Crippen LogP contribution in [-0.2, 0) is 22.6 Å². The molecular weight excluding hydrogens is 536 g/mol. The number of nitrogens with one attached hydrogen (secondary N) is 2. The van der Waals surface area contributed by atoms with Crippen LogP contribution in [0.4, 0.5) is 22.0 Å². The molecule has 0 aliphatic carbocycles. The molecule has 0 atom stereocenters. The largest absolute Gasteiger partial charge is 0.445 e. The van der Waals surface area contributed by atoms with Gasteiger partial charge in [-0.3, -0.25) is 14.6 Å². The molecule has 0 radical (unpaired) electrons. The van der Waals surface area contributed by atoms with Crippen molar-refractivity contribution in [3.8, 4) is 11.3 Å². The van der Waals surface area contributed by atoms with Crippen molar-refractivity contribution < 1.29 is 19.1 Å². The lowest BCUT2D eigenvalue weighted by atomic mass is 9.98. The van der Waals surface area contributed by atoms with Crippen LogP contribution in [0.15, 0.2) is 79.3 Å². The van der Waals surface area contributed by atoms with Gasteiger partial charge in [-0.25, -0.2) is 14.8 Å². The fraction of sp³-hybridized carbons (Fsp3) is 0.200. The van der Waals surface area contributed by atoms with E-state index < -0.39 is 12.0 Å². The monoisotopic (exact) mass is 566 g/mol. The number of carbonyl (C=O) groups excluding carboxylic acids is 3. The molecule has 3 amide bonds. The van der Waals surface area contributed by atoms with E-state index in [2.05, 4.69) is 25.6 Å². The predicted octanol–water partition coefficient (Wildman–Crippen LogP) is 2.76. The molecule has 12 heteroatoms. The normalized spacial score (nSPS) is 12.7. The summed E-state index contributed by atoms with van der Waals surface area (Å²) in [5.41, 5.74) is 15.7. The smallest absolute Gasteiger partial charge is 0.407 e. The summed E-state index contributed by atoms with van der Waals surface area (Å²) in [6.45, 7) is 1.55. The summed E-state index contributed by atoms with van der Waals surface area (Å²) < 4.78 is 5.23. The van der Waals surface area contributed by atoms with Crippen LogP contribution in [0.1, 0.15) is 21.6 Å². The number of primary amides is 1. The number of ether oxygens (including phenoxy) is 1. The number of pyridine rings is 1. The highest BCUT2D eigenvalue weighted by atomic mass is 16.5. The fourth-order valence-corrected chi connectivity index (χ4v) is 4.43. The Morgan fingerprint density at radius 3 is 2.48 bits per heavy atom. The van der Waals surface area contributed by atoms with Crippen molar-refractivity contribution in [2.45, 2.75) is 13.0 Å². The Morgan fingerprint density at radius 1 is 0.976 bits per heavy atom. The Morgan fingerprint density at radius 2 is 1.74 bits per heavy atom. The number of aromatic nitrogens is 3. The molecule has 0 saturated carbocycles. The maximum Gasteiger partial charge on any atom is 0.407 e. The van der Waals surface area contributed by atoms with Crippen molar-refractivity contribution in [3.05, 3.63) is 96.1 Å². The van der Waals surface area contributed by atoms with Crippen LogP contribution in [0.3, 0.4) is 0 Å². The number of amides is 3. The van der Waals surface area contributed by atoms with Crippen molar-refractivity contribution in [2.24, 2.45) is 11.7 Å². The first-order valence-electron chi connectivity index (χ1n) is 13.3. The summed E-state index contributed by atoms with van der Waals surface area (Å²) in [5.74, 6) is -1.13. The Balaban J connectivity index is 1.17. The average Bonchev–Trinajstić information content (AvgIpc) is 2.97. The van der Waals surface area contributed by atoms with Crippen LogP contribution in [0.5, 0.6) is 0 Å². The second-order valence-electron chi connectivity index (χ2n) is 9.78. The van der Waals surface area contributed by atoms with Gasteiger partial charge in [0.15, 0.2) is 11.5 Å². The lowest BCUT2D eigenvalue weighted by molar-refractivity contribution is -0.122. The fourth-order valence-electron chi connectivity index (χ4n) is 4.43. The van der Waals surface area contributed by atoms with E-state index in [4.69, 9.17) is 16.2 Å². The molecule has 12 nitrogen and oxygen atoms in total. The molecule has 0 unspecified atom stereocenters. The Kier molecular flexibility index (Phi) is 8.52. The maximum absolute atomic E-state index is 13.2. The van der Waals surface area contributed by atoms with Gasteiger partial charge >= 0.3 is 6.09 Å². The van der Waals surface area contributed by atoms with E-state index in [1.165, 1.54) is 12.4 Å². The minimum absolute atomic E-state index is 0.0127. The van der Waals surface area contributed by atoms with E-state index in [0.29, 0.717) is 43.1 Å². The highest BCUT2D eigenvalue weighted by Gasteiger charge is 2.32. The first-order valence-corrected chi connectivity index (χ1v) is 13.3. The highest BCUT2D eigenvalue weighted by molar-refractivity contribution is 6.07. The second kappa shape index (κ2) is 12.8. The molecular formula is C30H30N8O4. The molecule has 0 spiro atoms. The number of anilines is 3. The molecule has 4 aromatic rings. The predicted molar refractivity (Wildman–Crippen MR) is 157 cm³/mol. The third-order valence-corrected chi connectivity index (χ3v) is 6.83. The van der Waals surface area contributed by atoms with Gasteiger partial charge in [-0.1, -0.05) is 54.6 Å². The number of hydrogen-bond donors (Lipinski definition) is 4. The van der Waals surface area contributed by atoms with Crippen LogP contribution in [0.25, 0.3) is 11.3 Å². The standard InChI is InChI=1S/C30H30N8O4/c31-27-26(29(40)37-24-14-33-12-11-25(24)38-16-22(17-38)28(32)39)36-23(15-35-27)21-8-6-19(7-9-21)10-13-34-30(41)42-18-20-4-2-1-3-5-20/h1-9,11-12,14-15,22H,10,13,16-18H2,(H2,31,35)(H2,32,39)(H,34,41)(H,37,40). The van der Waals surface area contributed by atoms with Crippen molar-refractivity contribution in [1.82, 2.24) is 20.3 Å². The molecule has 0 bridgehead atoms. The number of nitrogens with zero attached hydrogens (tertiary/aromatic N) is 4. The molecule has 1 fully saturated rings. The van der Waals surface area contributed by atoms with Crippen molar-refractivity contribution in [2.75, 3.05) is 35.6 Å². The van der Waals surface area contributed by atoms with Crippen LogP contribution in [0, 0.1) is 5.92 Å². The second-order valence-corrected chi connectivity index (χ2v) is 9.78. The van der Waals surface area contributed by atoms with E-state index in [-0.39, 0.29) is 29.9 Å². The third kappa shape index (κ3) is 6.78. The van der Waals surface area contributed by atoms with Gasteiger partial charge < -0.3 is 31.7 Å². The Bertz CT molecular complexity index is 1570. The lowest BCUT2D eigenvalue weighted by Crippen LogP contribution is -2.52. The van der Waals surface area contributed by atoms with Crippen molar-refractivity contribution >= 4 is 35.1 Å². The average molecular weight is 567 g/mol. The van der Waals surface area contributed by atoms with Gasteiger partial charge in [-0.05, 0) is 23.6 Å². The van der Waals surface area contributed by atoms with Gasteiger partial charge in [0.2, 0.25) is 5.91 Å². The van der Waals surface area contributed by atoms with E-state index in [9.17, 15) is 14.4 Å². The number of alkyl carbamates (subject to hydrolysis) is 1. The molecule has 5 rings (SSSR count). The van der Waals surface area contributed by atoms with Crippen molar-refractivity contribution in [3.63, 3.8) is 0 Å². The van der Waals surface area contributed by atoms with Gasteiger partial charge in [0.05, 0.1) is 35.4 Å². The van der Waals surface area contributed by atoms with E-state index in [0.717, 1.165) is 16.7 Å². The number of hydrogen-bond acceptors (Lipinski definition) is 9. The van der Waals surface area contributed by atoms with Crippen LogP contribution in [-0.4, -0.2) is 52.5 Å². The van der Waals surface area contributed by atoms with Gasteiger partial charge in [-0.2, -0.15) is 0 Å². The summed E-state index contributed by atoms with van der Waals surface area (Å²) in [4.78, 5) is 51.2.